The van der Waals surface area contributed by atoms with Crippen molar-refractivity contribution in [3.05, 3.63) is 99.3 Å². The van der Waals surface area contributed by atoms with Crippen LogP contribution in [0.5, 0.6) is 17.2 Å². The molecule has 7 nitrogen and oxygen atoms in total. The Bertz CT molecular complexity index is 1210. The first-order valence-electron chi connectivity index (χ1n) is 9.39. The first kappa shape index (κ1) is 21.0. The van der Waals surface area contributed by atoms with Crippen molar-refractivity contribution in [2.75, 3.05) is 0 Å². The van der Waals surface area contributed by atoms with Gasteiger partial charge >= 0.3 is 6.61 Å². The highest BCUT2D eigenvalue weighted by Crippen LogP contribution is 2.36. The molecular formula is C23H15F2NO6. The number of ether oxygens (including phenoxy) is 3. The van der Waals surface area contributed by atoms with Crippen LogP contribution in [-0.4, -0.2) is 17.3 Å². The van der Waals surface area contributed by atoms with Crippen molar-refractivity contribution in [2.45, 2.75) is 13.2 Å². The lowest BCUT2D eigenvalue weighted by molar-refractivity contribution is -0.384. The van der Waals surface area contributed by atoms with Crippen molar-refractivity contribution in [3.63, 3.8) is 0 Å². The highest BCUT2D eigenvalue weighted by Gasteiger charge is 2.28. The summed E-state index contributed by atoms with van der Waals surface area (Å²) in [6.45, 7) is -2.84. The SMILES string of the molecule is O=C1/C(=C/c2ccccc2OC(F)F)Oc2cc(OCc3ccc([N+](=O)[O-])cc3)ccc21. The van der Waals surface area contributed by atoms with Crippen molar-refractivity contribution in [1.29, 1.82) is 0 Å². The van der Waals surface area contributed by atoms with E-state index in [-0.39, 0.29) is 35.1 Å². The minimum absolute atomic E-state index is 0.0157. The van der Waals surface area contributed by atoms with Gasteiger partial charge in [-0.2, -0.15) is 8.78 Å². The van der Waals surface area contributed by atoms with E-state index in [1.807, 2.05) is 0 Å². The molecule has 9 heteroatoms. The minimum atomic E-state index is -3.00. The average Bonchev–Trinajstić information content (AvgIpc) is 3.08. The van der Waals surface area contributed by atoms with Crippen LogP contribution in [0.2, 0.25) is 0 Å². The van der Waals surface area contributed by atoms with Crippen LogP contribution in [0.4, 0.5) is 14.5 Å². The third-order valence-electron chi connectivity index (χ3n) is 4.62. The number of hydrogen-bond donors (Lipinski definition) is 0. The molecule has 0 spiro atoms. The molecule has 32 heavy (non-hydrogen) atoms. The zero-order valence-electron chi connectivity index (χ0n) is 16.4. The number of rotatable bonds is 7. The number of hydrogen-bond acceptors (Lipinski definition) is 6. The van der Waals surface area contributed by atoms with Gasteiger partial charge in [0.15, 0.2) is 5.76 Å². The van der Waals surface area contributed by atoms with Crippen molar-refractivity contribution in [2.24, 2.45) is 0 Å². The number of nitro groups is 1. The molecule has 3 aromatic rings. The fourth-order valence-corrected chi connectivity index (χ4v) is 3.08. The van der Waals surface area contributed by atoms with Crippen LogP contribution >= 0.6 is 0 Å². The number of non-ortho nitro benzene ring substituents is 1. The van der Waals surface area contributed by atoms with E-state index >= 15 is 0 Å². The predicted molar refractivity (Wildman–Crippen MR) is 110 cm³/mol. The maximum atomic E-state index is 12.6. The third kappa shape index (κ3) is 4.56. The molecule has 0 bridgehead atoms. The second-order valence-electron chi connectivity index (χ2n) is 6.73. The lowest BCUT2D eigenvalue weighted by atomic mass is 10.1. The Balaban J connectivity index is 1.49. The number of allylic oxidation sites excluding steroid dienone is 1. The second kappa shape index (κ2) is 8.84. The van der Waals surface area contributed by atoms with Gasteiger partial charge in [-0.1, -0.05) is 18.2 Å². The van der Waals surface area contributed by atoms with E-state index in [1.165, 1.54) is 30.3 Å². The number of Topliss-reactive ketones (excluding diaryl/α,β-unsaturated/α-hetero) is 1. The van der Waals surface area contributed by atoms with Crippen LogP contribution in [-0.2, 0) is 6.61 Å². The Morgan fingerprint density at radius 2 is 1.81 bits per heavy atom. The summed E-state index contributed by atoms with van der Waals surface area (Å²) in [5, 5.41) is 10.7. The summed E-state index contributed by atoms with van der Waals surface area (Å²) < 4.78 is 41.0. The van der Waals surface area contributed by atoms with Gasteiger partial charge in [0.1, 0.15) is 23.9 Å². The van der Waals surface area contributed by atoms with Crippen molar-refractivity contribution in [3.8, 4) is 17.2 Å². The van der Waals surface area contributed by atoms with E-state index in [0.717, 1.165) is 5.56 Å². The fraction of sp³-hybridized carbons (Fsp3) is 0.0870. The predicted octanol–water partition coefficient (Wildman–Crippen LogP) is 5.39. The van der Waals surface area contributed by atoms with Gasteiger partial charge in [-0.05, 0) is 42.0 Å². The third-order valence-corrected chi connectivity index (χ3v) is 4.62. The number of fused-ring (bicyclic) bond motifs is 1. The quantitative estimate of drug-likeness (QED) is 0.279. The molecule has 0 atom stereocenters. The summed E-state index contributed by atoms with van der Waals surface area (Å²) in [5.74, 6) is 0.202. The maximum Gasteiger partial charge on any atom is 0.387 e. The van der Waals surface area contributed by atoms with Crippen molar-refractivity contribution in [1.82, 2.24) is 0 Å². The summed E-state index contributed by atoms with van der Waals surface area (Å²) in [5.41, 5.74) is 1.30. The van der Waals surface area contributed by atoms with Crippen LogP contribution in [0.25, 0.3) is 6.08 Å². The summed E-state index contributed by atoms with van der Waals surface area (Å²) in [6.07, 6.45) is 1.34. The van der Waals surface area contributed by atoms with E-state index in [2.05, 4.69) is 4.74 Å². The fourth-order valence-electron chi connectivity index (χ4n) is 3.08. The van der Waals surface area contributed by atoms with E-state index in [0.29, 0.717) is 11.3 Å². The zero-order chi connectivity index (χ0) is 22.7. The van der Waals surface area contributed by atoms with Crippen LogP contribution in [0, 0.1) is 10.1 Å². The number of alkyl halides is 2. The van der Waals surface area contributed by atoms with Gasteiger partial charge in [0.2, 0.25) is 5.78 Å². The van der Waals surface area contributed by atoms with E-state index in [4.69, 9.17) is 9.47 Å². The molecule has 0 fully saturated rings. The molecule has 0 N–H and O–H groups in total. The van der Waals surface area contributed by atoms with Crippen LogP contribution < -0.4 is 14.2 Å². The van der Waals surface area contributed by atoms with Gasteiger partial charge in [-0.25, -0.2) is 0 Å². The summed E-state index contributed by atoms with van der Waals surface area (Å²) in [4.78, 5) is 22.9. The van der Waals surface area contributed by atoms with Crippen LogP contribution in [0.15, 0.2) is 72.5 Å². The summed E-state index contributed by atoms with van der Waals surface area (Å²) in [7, 11) is 0. The van der Waals surface area contributed by atoms with E-state index in [9.17, 15) is 23.7 Å². The van der Waals surface area contributed by atoms with Gasteiger partial charge in [0, 0.05) is 23.8 Å². The molecule has 0 saturated carbocycles. The Morgan fingerprint density at radius 1 is 1.06 bits per heavy atom. The molecule has 0 aliphatic carbocycles. The molecule has 4 rings (SSSR count). The molecule has 0 saturated heterocycles. The molecule has 1 heterocycles. The first-order valence-corrected chi connectivity index (χ1v) is 9.39. The molecule has 0 radical (unpaired) electrons. The largest absolute Gasteiger partial charge is 0.489 e. The number of carbonyl (C=O) groups excluding carboxylic acids is 1. The molecule has 1 aliphatic rings. The van der Waals surface area contributed by atoms with Gasteiger partial charge in [-0.3, -0.25) is 14.9 Å². The Labute approximate surface area is 180 Å². The number of halogens is 2. The molecule has 0 amide bonds. The van der Waals surface area contributed by atoms with Gasteiger partial charge in [0.05, 0.1) is 10.5 Å². The highest BCUT2D eigenvalue weighted by atomic mass is 19.3. The van der Waals surface area contributed by atoms with Gasteiger partial charge in [0.25, 0.3) is 5.69 Å². The topological polar surface area (TPSA) is 87.9 Å². The first-order chi connectivity index (χ1) is 15.4. The van der Waals surface area contributed by atoms with E-state index < -0.39 is 17.3 Å². The smallest absolute Gasteiger partial charge is 0.387 e. The maximum absolute atomic E-state index is 12.6. The standard InChI is InChI=1S/C23H15F2NO6/c24-23(25)32-19-4-2-1-3-15(19)11-21-22(27)18-10-9-17(12-20(18)31-21)30-13-14-5-7-16(8-6-14)26(28)29/h1-12,23H,13H2/b21-11-. The number of benzene rings is 3. The average molecular weight is 439 g/mol. The number of ketones is 1. The second-order valence-corrected chi connectivity index (χ2v) is 6.73. The number of carbonyl (C=O) groups is 1. The molecule has 0 aromatic heterocycles. The normalized spacial score (nSPS) is 13.7. The zero-order valence-corrected chi connectivity index (χ0v) is 16.4. The molecule has 3 aromatic carbocycles. The van der Waals surface area contributed by atoms with Gasteiger partial charge in [-0.15, -0.1) is 0 Å². The van der Waals surface area contributed by atoms with Crippen LogP contribution in [0.1, 0.15) is 21.5 Å². The molecule has 0 unspecified atom stereocenters. The molecular weight excluding hydrogens is 424 g/mol. The number of nitrogens with zero attached hydrogens (tertiary/aromatic N) is 1. The molecule has 162 valence electrons. The lowest BCUT2D eigenvalue weighted by Crippen LogP contribution is -2.04. The Morgan fingerprint density at radius 3 is 2.53 bits per heavy atom. The lowest BCUT2D eigenvalue weighted by Gasteiger charge is -2.08. The number of para-hydroxylation sites is 1. The monoisotopic (exact) mass is 439 g/mol. The Hall–Kier alpha value is -4.27. The van der Waals surface area contributed by atoms with E-state index in [1.54, 1.807) is 42.5 Å². The highest BCUT2D eigenvalue weighted by molar-refractivity contribution is 6.14. The van der Waals surface area contributed by atoms with Crippen LogP contribution in [0.3, 0.4) is 0 Å². The minimum Gasteiger partial charge on any atom is -0.489 e. The summed E-state index contributed by atoms with van der Waals surface area (Å²) in [6, 6.07) is 16.7. The number of nitro benzene ring substituents is 1. The van der Waals surface area contributed by atoms with Crippen molar-refractivity contribution >= 4 is 17.5 Å². The Kier molecular flexibility index (Phi) is 5.80. The molecule has 1 aliphatic heterocycles. The summed E-state index contributed by atoms with van der Waals surface area (Å²) >= 11 is 0. The van der Waals surface area contributed by atoms with Crippen molar-refractivity contribution < 1.29 is 32.7 Å². The van der Waals surface area contributed by atoms with Gasteiger partial charge < -0.3 is 14.2 Å².